The van der Waals surface area contributed by atoms with E-state index < -0.39 is 5.97 Å². The van der Waals surface area contributed by atoms with Gasteiger partial charge in [0.1, 0.15) is 18.2 Å². The van der Waals surface area contributed by atoms with Gasteiger partial charge in [-0.25, -0.2) is 4.98 Å². The Bertz CT molecular complexity index is 740. The number of carbonyl (C=O) groups excluding carboxylic acids is 1. The summed E-state index contributed by atoms with van der Waals surface area (Å²) in [6.07, 6.45) is 4.85. The molecule has 2 aromatic rings. The van der Waals surface area contributed by atoms with E-state index in [9.17, 15) is 9.90 Å². The van der Waals surface area contributed by atoms with E-state index >= 15 is 0 Å². The molecule has 0 amide bonds. The van der Waals surface area contributed by atoms with Crippen molar-refractivity contribution in [3.05, 3.63) is 53.2 Å². The Labute approximate surface area is 144 Å². The first-order chi connectivity index (χ1) is 11.6. The molecule has 0 fully saturated rings. The molecule has 24 heavy (non-hydrogen) atoms. The molecule has 0 aliphatic carbocycles. The molecule has 0 bridgehead atoms. The van der Waals surface area contributed by atoms with Crippen molar-refractivity contribution in [2.24, 2.45) is 0 Å². The molecule has 0 saturated heterocycles. The van der Waals surface area contributed by atoms with Gasteiger partial charge >= 0.3 is 0 Å². The quantitative estimate of drug-likeness (QED) is 0.426. The summed E-state index contributed by atoms with van der Waals surface area (Å²) in [6.45, 7) is 6.00. The zero-order valence-electron chi connectivity index (χ0n) is 13.3. The van der Waals surface area contributed by atoms with E-state index in [2.05, 4.69) is 21.8 Å². The molecule has 1 aromatic heterocycles. The van der Waals surface area contributed by atoms with Gasteiger partial charge in [-0.15, -0.1) is 5.10 Å². The van der Waals surface area contributed by atoms with E-state index in [1.165, 1.54) is 6.08 Å². The van der Waals surface area contributed by atoms with Crippen molar-refractivity contribution in [2.75, 3.05) is 6.61 Å². The van der Waals surface area contributed by atoms with E-state index in [1.807, 2.05) is 6.92 Å². The lowest BCUT2D eigenvalue weighted by Gasteiger charge is -2.07. The van der Waals surface area contributed by atoms with Crippen molar-refractivity contribution < 1.29 is 14.6 Å². The summed E-state index contributed by atoms with van der Waals surface area (Å²) in [5.74, 6) is 0.0891. The van der Waals surface area contributed by atoms with Crippen LogP contribution in [-0.2, 0) is 11.2 Å². The minimum absolute atomic E-state index is 0.0259. The van der Waals surface area contributed by atoms with Gasteiger partial charge in [0, 0.05) is 11.3 Å². The predicted molar refractivity (Wildman–Crippen MR) is 91.4 cm³/mol. The third-order valence-electron chi connectivity index (χ3n) is 2.92. The number of ether oxygens (including phenoxy) is 1. The van der Waals surface area contributed by atoms with Crippen molar-refractivity contribution in [3.8, 4) is 5.75 Å². The van der Waals surface area contributed by atoms with E-state index in [1.54, 1.807) is 30.3 Å². The van der Waals surface area contributed by atoms with Crippen molar-refractivity contribution >= 4 is 23.8 Å². The van der Waals surface area contributed by atoms with Gasteiger partial charge in [-0.2, -0.15) is 0 Å². The summed E-state index contributed by atoms with van der Waals surface area (Å²) in [7, 11) is 0. The number of rotatable bonds is 9. The highest BCUT2D eigenvalue weighted by molar-refractivity contribution is 8.04. The van der Waals surface area contributed by atoms with Crippen molar-refractivity contribution in [1.82, 2.24) is 15.2 Å². The second-order valence-corrected chi connectivity index (χ2v) is 5.89. The van der Waals surface area contributed by atoms with Gasteiger partial charge in [0.05, 0.1) is 5.97 Å². The molecule has 0 spiro atoms. The smallest absolute Gasteiger partial charge is 0.213 e. The fourth-order valence-electron chi connectivity index (χ4n) is 1.90. The Hall–Kier alpha value is -2.54. The number of nitrogens with one attached hydrogen (secondary N) is 1. The molecule has 126 valence electrons. The Balaban J connectivity index is 2.18. The van der Waals surface area contributed by atoms with Crippen LogP contribution < -0.4 is 9.84 Å². The average Bonchev–Trinajstić information content (AvgIpc) is 3.00. The first kappa shape index (κ1) is 17.8. The first-order valence-electron chi connectivity index (χ1n) is 7.48. The normalized spacial score (nSPS) is 11.3. The van der Waals surface area contributed by atoms with Gasteiger partial charge in [-0.3, -0.25) is 5.10 Å². The number of H-pyrrole nitrogens is 1. The van der Waals surface area contributed by atoms with Gasteiger partial charge in [-0.1, -0.05) is 31.7 Å². The van der Waals surface area contributed by atoms with Crippen LogP contribution in [0.25, 0.3) is 6.08 Å². The summed E-state index contributed by atoms with van der Waals surface area (Å²) in [4.78, 5) is 15.7. The molecule has 0 aliphatic rings. The Kier molecular flexibility index (Phi) is 6.62. The molecule has 1 aromatic carbocycles. The van der Waals surface area contributed by atoms with Crippen molar-refractivity contribution in [3.63, 3.8) is 0 Å². The number of benzene rings is 1. The highest BCUT2D eigenvalue weighted by Crippen LogP contribution is 2.26. The predicted octanol–water partition coefficient (Wildman–Crippen LogP) is 2.21. The number of aromatic amines is 1. The van der Waals surface area contributed by atoms with Crippen LogP contribution in [0.4, 0.5) is 0 Å². The van der Waals surface area contributed by atoms with Crippen LogP contribution in [0.2, 0.25) is 0 Å². The fourth-order valence-corrected chi connectivity index (χ4v) is 2.62. The Morgan fingerprint density at radius 3 is 3.04 bits per heavy atom. The minimum atomic E-state index is -1.28. The molecule has 0 aliphatic heterocycles. The molecular formula is C17H18N3O3S-. The third-order valence-corrected chi connectivity index (χ3v) is 3.79. The minimum Gasteiger partial charge on any atom is -0.544 e. The van der Waals surface area contributed by atoms with Crippen LogP contribution in [-0.4, -0.2) is 27.8 Å². The monoisotopic (exact) mass is 344 g/mol. The Morgan fingerprint density at radius 2 is 2.33 bits per heavy atom. The molecule has 0 saturated carbocycles. The topological polar surface area (TPSA) is 90.9 Å². The Morgan fingerprint density at radius 1 is 1.50 bits per heavy atom. The van der Waals surface area contributed by atoms with Crippen LogP contribution in [0.1, 0.15) is 24.7 Å². The largest absolute Gasteiger partial charge is 0.544 e. The highest BCUT2D eigenvalue weighted by atomic mass is 32.2. The number of carbonyl (C=O) groups is 1. The molecular weight excluding hydrogens is 326 g/mol. The van der Waals surface area contributed by atoms with E-state index in [-0.39, 0.29) is 4.91 Å². The number of hydrogen-bond acceptors (Lipinski definition) is 6. The number of thioether (sulfide) groups is 1. The third kappa shape index (κ3) is 5.27. The summed E-state index contributed by atoms with van der Waals surface area (Å²) in [5, 5.41) is 18.6. The molecule has 0 unspecified atom stereocenters. The summed E-state index contributed by atoms with van der Waals surface area (Å²) in [5.41, 5.74) is 0.688. The molecule has 2 rings (SSSR count). The SMILES string of the molecule is C=CCOc1cccc(/C=C(\Sc2n[nH]c(CCC)n2)C(=O)[O-])c1. The number of hydrogen-bond donors (Lipinski definition) is 1. The van der Waals surface area contributed by atoms with Crippen LogP contribution in [0, 0.1) is 0 Å². The van der Waals surface area contributed by atoms with Crippen LogP contribution in [0.5, 0.6) is 5.75 Å². The van der Waals surface area contributed by atoms with Crippen LogP contribution in [0.3, 0.4) is 0 Å². The van der Waals surface area contributed by atoms with Gasteiger partial charge in [-0.05, 0) is 42.0 Å². The lowest BCUT2D eigenvalue weighted by molar-refractivity contribution is -0.297. The zero-order valence-corrected chi connectivity index (χ0v) is 14.1. The number of carboxylic acids is 1. The second-order valence-electron chi connectivity index (χ2n) is 4.88. The first-order valence-corrected chi connectivity index (χ1v) is 8.30. The van der Waals surface area contributed by atoms with Crippen molar-refractivity contribution in [1.29, 1.82) is 0 Å². The molecule has 0 radical (unpaired) electrons. The van der Waals surface area contributed by atoms with Gasteiger partial charge in [0.2, 0.25) is 5.16 Å². The van der Waals surface area contributed by atoms with Crippen molar-refractivity contribution in [2.45, 2.75) is 24.9 Å². The fraction of sp³-hybridized carbons (Fsp3) is 0.235. The lowest BCUT2D eigenvalue weighted by Crippen LogP contribution is -2.23. The highest BCUT2D eigenvalue weighted by Gasteiger charge is 2.08. The van der Waals surface area contributed by atoms with E-state index in [0.29, 0.717) is 23.1 Å². The second kappa shape index (κ2) is 8.93. The summed E-state index contributed by atoms with van der Waals surface area (Å²) < 4.78 is 5.44. The standard InChI is InChI=1S/C17H19N3O3S/c1-3-6-15-18-17(20-19-15)24-14(16(21)22)11-12-7-5-8-13(10-12)23-9-4-2/h4-5,7-8,10-11H,2-3,6,9H2,1H3,(H,21,22)(H,18,19,20)/p-1/b14-11-. The molecule has 0 atom stereocenters. The molecule has 1 N–H and O–H groups in total. The maximum atomic E-state index is 11.4. The number of aryl methyl sites for hydroxylation is 1. The van der Waals surface area contributed by atoms with E-state index in [0.717, 1.165) is 30.4 Å². The maximum absolute atomic E-state index is 11.4. The van der Waals surface area contributed by atoms with Crippen LogP contribution in [0.15, 0.2) is 47.0 Å². The molecule has 6 nitrogen and oxygen atoms in total. The lowest BCUT2D eigenvalue weighted by atomic mass is 10.2. The molecule has 7 heteroatoms. The van der Waals surface area contributed by atoms with Gasteiger partial charge in [0.25, 0.3) is 0 Å². The van der Waals surface area contributed by atoms with Crippen LogP contribution >= 0.6 is 11.8 Å². The van der Waals surface area contributed by atoms with E-state index in [4.69, 9.17) is 4.74 Å². The summed E-state index contributed by atoms with van der Waals surface area (Å²) in [6, 6.07) is 7.10. The zero-order chi connectivity index (χ0) is 17.4. The number of carboxylic acid groups (broad SMARTS) is 1. The molecule has 1 heterocycles. The maximum Gasteiger partial charge on any atom is 0.213 e. The van der Waals surface area contributed by atoms with Gasteiger partial charge < -0.3 is 14.6 Å². The summed E-state index contributed by atoms with van der Waals surface area (Å²) >= 11 is 0.951. The number of nitrogens with zero attached hydrogens (tertiary/aromatic N) is 2. The number of aromatic nitrogens is 3. The van der Waals surface area contributed by atoms with Gasteiger partial charge in [0.15, 0.2) is 0 Å². The average molecular weight is 344 g/mol. The number of aliphatic carboxylic acids is 1.